The molecule has 4 nitrogen and oxygen atoms in total. The third-order valence-corrected chi connectivity index (χ3v) is 4.79. The van der Waals surface area contributed by atoms with Gasteiger partial charge in [-0.2, -0.15) is 0 Å². The van der Waals surface area contributed by atoms with E-state index in [9.17, 15) is 0 Å². The van der Waals surface area contributed by atoms with Gasteiger partial charge < -0.3 is 4.90 Å². The van der Waals surface area contributed by atoms with Crippen LogP contribution in [0, 0.1) is 6.92 Å². The summed E-state index contributed by atoms with van der Waals surface area (Å²) < 4.78 is 0. The van der Waals surface area contributed by atoms with Crippen molar-refractivity contribution in [2.45, 2.75) is 25.8 Å². The number of hydrogen-bond donors (Lipinski definition) is 0. The number of likely N-dealkylation sites (tertiary alicyclic amines) is 1. The first kappa shape index (κ1) is 14.5. The molecule has 0 bridgehead atoms. The van der Waals surface area contributed by atoms with Crippen LogP contribution in [0.3, 0.4) is 0 Å². The molecule has 2 aromatic rings. The number of thiazole rings is 1. The Labute approximate surface area is 130 Å². The molecule has 1 unspecified atom stereocenters. The molecule has 1 aliphatic rings. The lowest BCUT2D eigenvalue weighted by molar-refractivity contribution is 0.329. The second-order valence-electron chi connectivity index (χ2n) is 5.97. The van der Waals surface area contributed by atoms with Crippen LogP contribution < -0.4 is 4.90 Å². The van der Waals surface area contributed by atoms with E-state index >= 15 is 0 Å². The van der Waals surface area contributed by atoms with Crippen LogP contribution in [0.5, 0.6) is 0 Å². The fourth-order valence-corrected chi connectivity index (χ4v) is 3.54. The Morgan fingerprint density at radius 3 is 2.95 bits per heavy atom. The summed E-state index contributed by atoms with van der Waals surface area (Å²) in [5, 5.41) is 0. The van der Waals surface area contributed by atoms with Gasteiger partial charge in [-0.3, -0.25) is 14.9 Å². The van der Waals surface area contributed by atoms with Gasteiger partial charge in [0.2, 0.25) is 0 Å². The van der Waals surface area contributed by atoms with E-state index in [4.69, 9.17) is 4.98 Å². The van der Waals surface area contributed by atoms with Crippen molar-refractivity contribution in [3.05, 3.63) is 40.1 Å². The van der Waals surface area contributed by atoms with E-state index in [0.717, 1.165) is 25.3 Å². The van der Waals surface area contributed by atoms with Crippen molar-refractivity contribution in [1.82, 2.24) is 14.9 Å². The normalized spacial score (nSPS) is 19.1. The van der Waals surface area contributed by atoms with E-state index in [-0.39, 0.29) is 0 Å². The summed E-state index contributed by atoms with van der Waals surface area (Å²) in [7, 11) is 4.17. The maximum atomic E-state index is 4.77. The zero-order valence-electron chi connectivity index (χ0n) is 12.9. The monoisotopic (exact) mass is 302 g/mol. The van der Waals surface area contributed by atoms with Gasteiger partial charge in [0.15, 0.2) is 0 Å². The van der Waals surface area contributed by atoms with E-state index in [1.54, 1.807) is 11.3 Å². The molecule has 2 aromatic heterocycles. The predicted octanol–water partition coefficient (Wildman–Crippen LogP) is 2.90. The minimum Gasteiger partial charge on any atom is -0.378 e. The van der Waals surface area contributed by atoms with Gasteiger partial charge in [-0.05, 0) is 32.0 Å². The molecule has 5 heteroatoms. The van der Waals surface area contributed by atoms with E-state index < -0.39 is 0 Å². The van der Waals surface area contributed by atoms with Crippen molar-refractivity contribution in [2.75, 3.05) is 32.1 Å². The summed E-state index contributed by atoms with van der Waals surface area (Å²) >= 11 is 1.74. The lowest BCUT2D eigenvalue weighted by Crippen LogP contribution is -2.19. The molecule has 0 radical (unpaired) electrons. The highest BCUT2D eigenvalue weighted by Gasteiger charge is 2.25. The van der Waals surface area contributed by atoms with Crippen molar-refractivity contribution in [3.63, 3.8) is 0 Å². The smallest absolute Gasteiger partial charge is 0.0794 e. The van der Waals surface area contributed by atoms with E-state index in [2.05, 4.69) is 47.9 Å². The van der Waals surface area contributed by atoms with Crippen molar-refractivity contribution in [1.29, 1.82) is 0 Å². The minimum atomic E-state index is 0.552. The standard InChI is InChI=1S/C16H22N4S/c1-12-6-14(19(2)3)7-16(18-12)13-4-5-20(9-13)10-15-8-17-11-21-15/h6-8,11,13H,4-5,9-10H2,1-3H3. The van der Waals surface area contributed by atoms with Crippen LogP contribution in [-0.2, 0) is 6.54 Å². The van der Waals surface area contributed by atoms with Crippen LogP contribution in [0.4, 0.5) is 5.69 Å². The summed E-state index contributed by atoms with van der Waals surface area (Å²) in [6.07, 6.45) is 3.18. The third-order valence-electron chi connectivity index (χ3n) is 4.03. The summed E-state index contributed by atoms with van der Waals surface area (Å²) in [5.41, 5.74) is 5.51. The quantitative estimate of drug-likeness (QED) is 0.869. The highest BCUT2D eigenvalue weighted by atomic mass is 32.1. The molecule has 1 atom stereocenters. The van der Waals surface area contributed by atoms with Gasteiger partial charge in [0.1, 0.15) is 0 Å². The first-order valence-corrected chi connectivity index (χ1v) is 8.25. The minimum absolute atomic E-state index is 0.552. The van der Waals surface area contributed by atoms with Crippen LogP contribution in [0.1, 0.15) is 28.6 Å². The Kier molecular flexibility index (Phi) is 4.22. The molecule has 112 valence electrons. The largest absolute Gasteiger partial charge is 0.378 e. The number of rotatable bonds is 4. The molecular weight excluding hydrogens is 280 g/mol. The van der Waals surface area contributed by atoms with Gasteiger partial charge in [0.25, 0.3) is 0 Å². The van der Waals surface area contributed by atoms with E-state index in [1.807, 2.05) is 11.7 Å². The molecule has 1 fully saturated rings. The molecule has 1 saturated heterocycles. The molecule has 0 aliphatic carbocycles. The first-order valence-electron chi connectivity index (χ1n) is 7.37. The summed E-state index contributed by atoms with van der Waals surface area (Å²) in [6.45, 7) is 5.35. The third kappa shape index (κ3) is 3.41. The number of nitrogens with zero attached hydrogens (tertiary/aromatic N) is 4. The number of aryl methyl sites for hydroxylation is 1. The predicted molar refractivity (Wildman–Crippen MR) is 88.1 cm³/mol. The van der Waals surface area contributed by atoms with E-state index in [1.165, 1.54) is 22.7 Å². The zero-order chi connectivity index (χ0) is 14.8. The Bertz CT molecular complexity index is 594. The first-order chi connectivity index (χ1) is 10.1. The van der Waals surface area contributed by atoms with E-state index in [0.29, 0.717) is 5.92 Å². The lowest BCUT2D eigenvalue weighted by Gasteiger charge is -2.18. The number of pyridine rings is 1. The Morgan fingerprint density at radius 1 is 1.38 bits per heavy atom. The molecule has 3 heterocycles. The molecule has 1 aliphatic heterocycles. The highest BCUT2D eigenvalue weighted by Crippen LogP contribution is 2.29. The number of aromatic nitrogens is 2. The van der Waals surface area contributed by atoms with Crippen molar-refractivity contribution in [2.24, 2.45) is 0 Å². The molecule has 0 N–H and O–H groups in total. The average Bonchev–Trinajstić information content (AvgIpc) is 3.10. The summed E-state index contributed by atoms with van der Waals surface area (Å²) in [4.78, 5) is 14.9. The van der Waals surface area contributed by atoms with Gasteiger partial charge in [0, 0.05) is 61.3 Å². The van der Waals surface area contributed by atoms with Crippen LogP contribution in [0.2, 0.25) is 0 Å². The van der Waals surface area contributed by atoms with Gasteiger partial charge in [0.05, 0.1) is 5.51 Å². The Balaban J connectivity index is 1.71. The van der Waals surface area contributed by atoms with Crippen molar-refractivity contribution >= 4 is 17.0 Å². The van der Waals surface area contributed by atoms with Crippen LogP contribution in [0.25, 0.3) is 0 Å². The Morgan fingerprint density at radius 2 is 2.24 bits per heavy atom. The van der Waals surface area contributed by atoms with Crippen molar-refractivity contribution < 1.29 is 0 Å². The van der Waals surface area contributed by atoms with Gasteiger partial charge >= 0.3 is 0 Å². The van der Waals surface area contributed by atoms with Crippen LogP contribution in [0.15, 0.2) is 23.8 Å². The van der Waals surface area contributed by atoms with Gasteiger partial charge in [-0.25, -0.2) is 0 Å². The number of hydrogen-bond acceptors (Lipinski definition) is 5. The lowest BCUT2D eigenvalue weighted by atomic mass is 10.0. The second-order valence-corrected chi connectivity index (χ2v) is 6.95. The molecule has 0 spiro atoms. The summed E-state index contributed by atoms with van der Waals surface area (Å²) in [6, 6.07) is 4.39. The fourth-order valence-electron chi connectivity index (χ4n) is 2.90. The van der Waals surface area contributed by atoms with Gasteiger partial charge in [-0.15, -0.1) is 11.3 Å². The molecule has 0 saturated carbocycles. The molecule has 0 amide bonds. The maximum Gasteiger partial charge on any atom is 0.0794 e. The SMILES string of the molecule is Cc1cc(N(C)C)cc(C2CCN(Cc3cncs3)C2)n1. The fraction of sp³-hybridized carbons (Fsp3) is 0.500. The maximum absolute atomic E-state index is 4.77. The topological polar surface area (TPSA) is 32.3 Å². The van der Waals surface area contributed by atoms with Crippen LogP contribution in [-0.4, -0.2) is 42.1 Å². The second kappa shape index (κ2) is 6.12. The zero-order valence-corrected chi connectivity index (χ0v) is 13.7. The van der Waals surface area contributed by atoms with Gasteiger partial charge in [-0.1, -0.05) is 0 Å². The molecule has 0 aromatic carbocycles. The van der Waals surface area contributed by atoms with Crippen molar-refractivity contribution in [3.8, 4) is 0 Å². The molecule has 21 heavy (non-hydrogen) atoms. The summed E-state index contributed by atoms with van der Waals surface area (Å²) in [5.74, 6) is 0.552. The Hall–Kier alpha value is -1.46. The average molecular weight is 302 g/mol. The number of anilines is 1. The highest BCUT2D eigenvalue weighted by molar-refractivity contribution is 7.09. The van der Waals surface area contributed by atoms with Crippen LogP contribution >= 0.6 is 11.3 Å². The molecule has 3 rings (SSSR count). The molecular formula is C16H22N4S.